The molecule has 0 spiro atoms. The first-order valence-electron chi connectivity index (χ1n) is 6.18. The normalized spacial score (nSPS) is 10.3. The number of rotatable bonds is 4. The van der Waals surface area contributed by atoms with Gasteiger partial charge in [0.2, 0.25) is 0 Å². The van der Waals surface area contributed by atoms with Crippen LogP contribution in [0.25, 0.3) is 0 Å². The Hall–Kier alpha value is -2.67. The molecule has 22 heavy (non-hydrogen) atoms. The molecule has 0 aliphatic heterocycles. The van der Waals surface area contributed by atoms with Crippen molar-refractivity contribution in [3.8, 4) is 0 Å². The summed E-state index contributed by atoms with van der Waals surface area (Å²) in [6, 6.07) is 6.77. The number of aromatic amines is 1. The molecule has 0 fully saturated rings. The van der Waals surface area contributed by atoms with E-state index in [0.29, 0.717) is 11.3 Å². The third-order valence-corrected chi connectivity index (χ3v) is 3.23. The minimum Gasteiger partial charge on any atom is -0.457 e. The quantitative estimate of drug-likeness (QED) is 0.529. The number of esters is 1. The van der Waals surface area contributed by atoms with E-state index in [-0.39, 0.29) is 22.9 Å². The zero-order valence-electron chi connectivity index (χ0n) is 11.5. The Balaban J connectivity index is 2.11. The second kappa shape index (κ2) is 6.40. The smallest absolute Gasteiger partial charge is 0.344 e. The third kappa shape index (κ3) is 3.50. The number of benzene rings is 1. The number of carbonyl (C=O) groups is 1. The van der Waals surface area contributed by atoms with Gasteiger partial charge in [0.1, 0.15) is 12.2 Å². The Morgan fingerprint density at radius 3 is 2.68 bits per heavy atom. The van der Waals surface area contributed by atoms with Crippen molar-refractivity contribution in [1.82, 2.24) is 4.98 Å². The van der Waals surface area contributed by atoms with Gasteiger partial charge in [0.15, 0.2) is 0 Å². The lowest BCUT2D eigenvalue weighted by Crippen LogP contribution is -2.20. The average molecular weight is 323 g/mol. The first-order chi connectivity index (χ1) is 10.4. The van der Waals surface area contributed by atoms with Crippen molar-refractivity contribution in [2.45, 2.75) is 13.5 Å². The maximum Gasteiger partial charge on any atom is 0.344 e. The molecule has 0 saturated carbocycles. The number of nitro benzene ring substituents is 1. The lowest BCUT2D eigenvalue weighted by Gasteiger charge is -2.06. The van der Waals surface area contributed by atoms with Crippen LogP contribution in [0.2, 0.25) is 5.02 Å². The van der Waals surface area contributed by atoms with Crippen LogP contribution in [0.1, 0.15) is 21.6 Å². The molecule has 0 amide bonds. The van der Waals surface area contributed by atoms with Crippen LogP contribution in [-0.2, 0) is 11.3 Å². The highest BCUT2D eigenvalue weighted by Crippen LogP contribution is 2.23. The van der Waals surface area contributed by atoms with Crippen LogP contribution >= 0.6 is 11.6 Å². The molecular formula is C14H11ClN2O5. The predicted molar refractivity (Wildman–Crippen MR) is 79.0 cm³/mol. The number of carbonyl (C=O) groups excluding carboxylic acids is 1. The number of H-pyrrole nitrogens is 1. The van der Waals surface area contributed by atoms with Gasteiger partial charge in [0.25, 0.3) is 11.2 Å². The van der Waals surface area contributed by atoms with Gasteiger partial charge in [0, 0.05) is 23.4 Å². The summed E-state index contributed by atoms with van der Waals surface area (Å²) in [6.07, 6.45) is 0. The molecule has 0 aliphatic carbocycles. The number of nitrogens with one attached hydrogen (secondary N) is 1. The summed E-state index contributed by atoms with van der Waals surface area (Å²) < 4.78 is 5.00. The van der Waals surface area contributed by atoms with Crippen molar-refractivity contribution in [2.24, 2.45) is 0 Å². The van der Waals surface area contributed by atoms with Crippen molar-refractivity contribution < 1.29 is 14.5 Å². The van der Waals surface area contributed by atoms with E-state index >= 15 is 0 Å². The van der Waals surface area contributed by atoms with Gasteiger partial charge in [-0.2, -0.15) is 0 Å². The van der Waals surface area contributed by atoms with Crippen molar-refractivity contribution in [3.63, 3.8) is 0 Å². The minimum atomic E-state index is -0.796. The van der Waals surface area contributed by atoms with E-state index in [1.165, 1.54) is 24.3 Å². The summed E-state index contributed by atoms with van der Waals surface area (Å²) in [7, 11) is 0. The summed E-state index contributed by atoms with van der Waals surface area (Å²) in [5.41, 5.74) is 0.211. The fourth-order valence-corrected chi connectivity index (χ4v) is 1.95. The van der Waals surface area contributed by atoms with Crippen molar-refractivity contribution in [1.29, 1.82) is 0 Å². The lowest BCUT2D eigenvalue weighted by molar-refractivity contribution is -0.384. The Bertz CT molecular complexity index is 800. The first kappa shape index (κ1) is 15.7. The van der Waals surface area contributed by atoms with Crippen LogP contribution in [-0.4, -0.2) is 15.9 Å². The Kier molecular flexibility index (Phi) is 4.57. The molecule has 8 heteroatoms. The minimum absolute atomic E-state index is 0.111. The molecule has 1 aromatic heterocycles. The summed E-state index contributed by atoms with van der Waals surface area (Å²) in [5, 5.41) is 10.7. The zero-order chi connectivity index (χ0) is 16.3. The number of halogens is 1. The number of non-ortho nitro benzene ring substituents is 1. The lowest BCUT2D eigenvalue weighted by atomic mass is 10.2. The fraction of sp³-hybridized carbons (Fsp3) is 0.143. The van der Waals surface area contributed by atoms with Gasteiger partial charge in [-0.25, -0.2) is 4.79 Å². The monoisotopic (exact) mass is 322 g/mol. The van der Waals surface area contributed by atoms with Crippen LogP contribution in [0.5, 0.6) is 0 Å². The number of pyridine rings is 1. The topological polar surface area (TPSA) is 102 Å². The van der Waals surface area contributed by atoms with Crippen LogP contribution in [0.3, 0.4) is 0 Å². The molecule has 2 aromatic rings. The van der Waals surface area contributed by atoms with E-state index in [1.54, 1.807) is 13.0 Å². The molecule has 1 aromatic carbocycles. The van der Waals surface area contributed by atoms with Crippen molar-refractivity contribution in [3.05, 3.63) is 72.6 Å². The molecule has 0 saturated heterocycles. The highest BCUT2D eigenvalue weighted by atomic mass is 35.5. The van der Waals surface area contributed by atoms with E-state index in [1.807, 2.05) is 0 Å². The Morgan fingerprint density at radius 1 is 1.36 bits per heavy atom. The van der Waals surface area contributed by atoms with Gasteiger partial charge in [-0.05, 0) is 25.1 Å². The molecular weight excluding hydrogens is 312 g/mol. The van der Waals surface area contributed by atoms with E-state index in [0.717, 1.165) is 0 Å². The highest BCUT2D eigenvalue weighted by Gasteiger charge is 2.14. The van der Waals surface area contributed by atoms with Crippen LogP contribution in [0.15, 0.2) is 35.1 Å². The molecule has 2 rings (SSSR count). The number of hydrogen-bond donors (Lipinski definition) is 1. The van der Waals surface area contributed by atoms with Gasteiger partial charge >= 0.3 is 5.97 Å². The summed E-state index contributed by atoms with van der Waals surface area (Å²) in [5.74, 6) is -0.796. The van der Waals surface area contributed by atoms with Gasteiger partial charge in [-0.1, -0.05) is 11.6 Å². The van der Waals surface area contributed by atoms with Gasteiger partial charge < -0.3 is 9.72 Å². The summed E-state index contributed by atoms with van der Waals surface area (Å²) >= 11 is 5.89. The second-order valence-electron chi connectivity index (χ2n) is 4.49. The molecule has 0 bridgehead atoms. The summed E-state index contributed by atoms with van der Waals surface area (Å²) in [6.45, 7) is 1.50. The SMILES string of the molecule is Cc1ccc(C(=O)OCc2ccc([N+](=O)[O-])cc2Cl)c(=O)[nH]1. The van der Waals surface area contributed by atoms with Gasteiger partial charge in [-0.3, -0.25) is 14.9 Å². The molecule has 114 valence electrons. The van der Waals surface area contributed by atoms with Crippen LogP contribution < -0.4 is 5.56 Å². The van der Waals surface area contributed by atoms with E-state index in [9.17, 15) is 19.7 Å². The van der Waals surface area contributed by atoms with Crippen molar-refractivity contribution >= 4 is 23.3 Å². The highest BCUT2D eigenvalue weighted by molar-refractivity contribution is 6.31. The van der Waals surface area contributed by atoms with E-state index in [4.69, 9.17) is 16.3 Å². The first-order valence-corrected chi connectivity index (χ1v) is 6.56. The molecule has 1 heterocycles. The van der Waals surface area contributed by atoms with Crippen molar-refractivity contribution in [2.75, 3.05) is 0 Å². The van der Waals surface area contributed by atoms with E-state index < -0.39 is 16.5 Å². The number of hydrogen-bond acceptors (Lipinski definition) is 5. The zero-order valence-corrected chi connectivity index (χ0v) is 12.2. The van der Waals surface area contributed by atoms with Crippen LogP contribution in [0.4, 0.5) is 5.69 Å². The van der Waals surface area contributed by atoms with Gasteiger partial charge in [0.05, 0.1) is 9.95 Å². The Labute approximate surface area is 129 Å². The largest absolute Gasteiger partial charge is 0.457 e. The van der Waals surface area contributed by atoms with Crippen LogP contribution in [0, 0.1) is 17.0 Å². The molecule has 0 aliphatic rings. The number of aryl methyl sites for hydroxylation is 1. The maximum absolute atomic E-state index is 11.8. The second-order valence-corrected chi connectivity index (χ2v) is 4.90. The fourth-order valence-electron chi connectivity index (χ4n) is 1.72. The number of nitro groups is 1. The third-order valence-electron chi connectivity index (χ3n) is 2.88. The predicted octanol–water partition coefficient (Wildman–Crippen LogP) is 2.60. The molecule has 0 unspecified atom stereocenters. The molecule has 0 atom stereocenters. The number of nitrogens with zero attached hydrogens (tertiary/aromatic N) is 1. The Morgan fingerprint density at radius 2 is 2.09 bits per heavy atom. The average Bonchev–Trinajstić information content (AvgIpc) is 2.45. The number of ether oxygens (including phenoxy) is 1. The van der Waals surface area contributed by atoms with Gasteiger partial charge in [-0.15, -0.1) is 0 Å². The number of aromatic nitrogens is 1. The summed E-state index contributed by atoms with van der Waals surface area (Å²) in [4.78, 5) is 36.0. The maximum atomic E-state index is 11.8. The molecule has 0 radical (unpaired) electrons. The molecule has 1 N–H and O–H groups in total. The van der Waals surface area contributed by atoms with E-state index in [2.05, 4.69) is 4.98 Å². The molecule has 7 nitrogen and oxygen atoms in total. The standard InChI is InChI=1S/C14H11ClN2O5/c1-8-2-5-11(13(18)16-8)14(19)22-7-9-3-4-10(17(20)21)6-12(9)15/h2-6H,7H2,1H3,(H,16,18).